The summed E-state index contributed by atoms with van der Waals surface area (Å²) in [7, 11) is 0. The minimum absolute atomic E-state index is 0.303. The van der Waals surface area contributed by atoms with Crippen LogP contribution >= 0.6 is 0 Å². The maximum atomic E-state index is 12.6. The van der Waals surface area contributed by atoms with Crippen LogP contribution < -0.4 is 20.7 Å². The standard InChI is InChI=1S/C25H31N11O/c37-24-22-20(16-26-32-24)28-25(36-11-3-1-2-4-12-36)29-23(22)27-18-5-7-19(8-6-18)35-13-9-17(10-14-35)15-21-30-33-34-31-21/h5-8,16-17H,1-4,9-15H2,(H,32,37)(H,27,28,29)(H,30,31,33,34). The summed E-state index contributed by atoms with van der Waals surface area (Å²) in [6.45, 7) is 3.82. The molecule has 2 fully saturated rings. The second-order valence-electron chi connectivity index (χ2n) is 9.87. The van der Waals surface area contributed by atoms with Crippen LogP contribution in [0.4, 0.5) is 23.1 Å². The van der Waals surface area contributed by atoms with Crippen LogP contribution in [0.25, 0.3) is 10.9 Å². The van der Waals surface area contributed by atoms with Gasteiger partial charge in [0.05, 0.1) is 6.20 Å². The van der Waals surface area contributed by atoms with Gasteiger partial charge < -0.3 is 15.1 Å². The minimum atomic E-state index is -0.303. The fourth-order valence-electron chi connectivity index (χ4n) is 5.31. The van der Waals surface area contributed by atoms with Crippen LogP contribution in [0.2, 0.25) is 0 Å². The topological polar surface area (TPSA) is 144 Å². The summed E-state index contributed by atoms with van der Waals surface area (Å²) in [5, 5.41) is 24.6. The lowest BCUT2D eigenvalue weighted by atomic mass is 9.93. The molecule has 0 bridgehead atoms. The van der Waals surface area contributed by atoms with E-state index in [0.717, 1.165) is 69.8 Å². The van der Waals surface area contributed by atoms with Gasteiger partial charge in [0.1, 0.15) is 16.7 Å². The molecule has 0 aliphatic carbocycles. The first-order chi connectivity index (χ1) is 18.2. The highest BCUT2D eigenvalue weighted by Gasteiger charge is 2.22. The summed E-state index contributed by atoms with van der Waals surface area (Å²) in [5.74, 6) is 2.51. The number of H-pyrrole nitrogens is 2. The van der Waals surface area contributed by atoms with Crippen molar-refractivity contribution in [3.63, 3.8) is 0 Å². The maximum absolute atomic E-state index is 12.6. The second kappa shape index (κ2) is 10.5. The highest BCUT2D eigenvalue weighted by molar-refractivity contribution is 5.90. The highest BCUT2D eigenvalue weighted by atomic mass is 16.1. The Morgan fingerprint density at radius 2 is 1.73 bits per heavy atom. The van der Waals surface area contributed by atoms with Crippen molar-refractivity contribution in [2.45, 2.75) is 44.9 Å². The van der Waals surface area contributed by atoms with Gasteiger partial charge in [-0.3, -0.25) is 4.79 Å². The lowest BCUT2D eigenvalue weighted by Gasteiger charge is -2.33. The summed E-state index contributed by atoms with van der Waals surface area (Å²) in [6, 6.07) is 8.31. The summed E-state index contributed by atoms with van der Waals surface area (Å²) in [6.07, 6.45) is 9.33. The zero-order valence-electron chi connectivity index (χ0n) is 20.7. The van der Waals surface area contributed by atoms with Crippen molar-refractivity contribution < 1.29 is 0 Å². The average molecular weight is 502 g/mol. The molecule has 4 aromatic rings. The van der Waals surface area contributed by atoms with E-state index in [1.807, 2.05) is 12.1 Å². The van der Waals surface area contributed by atoms with E-state index in [2.05, 4.69) is 63.1 Å². The maximum Gasteiger partial charge on any atom is 0.277 e. The molecule has 2 aliphatic rings. The first kappa shape index (κ1) is 23.3. The van der Waals surface area contributed by atoms with Gasteiger partial charge >= 0.3 is 0 Å². The summed E-state index contributed by atoms with van der Waals surface area (Å²) in [4.78, 5) is 26.8. The van der Waals surface area contributed by atoms with E-state index in [-0.39, 0.29) is 5.56 Å². The van der Waals surface area contributed by atoms with Crippen molar-refractivity contribution in [3.05, 3.63) is 46.6 Å². The molecule has 2 aliphatic heterocycles. The summed E-state index contributed by atoms with van der Waals surface area (Å²) >= 11 is 0. The first-order valence-corrected chi connectivity index (χ1v) is 13.1. The predicted molar refractivity (Wildman–Crippen MR) is 141 cm³/mol. The third kappa shape index (κ3) is 5.23. The fourth-order valence-corrected chi connectivity index (χ4v) is 5.31. The van der Waals surface area contributed by atoms with Gasteiger partial charge in [0.15, 0.2) is 5.82 Å². The Balaban J connectivity index is 1.18. The molecule has 0 spiro atoms. The monoisotopic (exact) mass is 501 g/mol. The lowest BCUT2D eigenvalue weighted by Crippen LogP contribution is -2.34. The summed E-state index contributed by atoms with van der Waals surface area (Å²) in [5.41, 5.74) is 2.29. The number of fused-ring (bicyclic) bond motifs is 1. The van der Waals surface area contributed by atoms with E-state index in [1.165, 1.54) is 18.5 Å². The molecule has 3 N–H and O–H groups in total. The van der Waals surface area contributed by atoms with Gasteiger partial charge in [-0.1, -0.05) is 18.1 Å². The Hall–Kier alpha value is -4.09. The number of aromatic nitrogens is 8. The molecule has 37 heavy (non-hydrogen) atoms. The molecule has 3 aromatic heterocycles. The molecule has 192 valence electrons. The average Bonchev–Trinajstić information content (AvgIpc) is 3.28. The molecule has 0 saturated carbocycles. The second-order valence-corrected chi connectivity index (χ2v) is 9.87. The van der Waals surface area contributed by atoms with Crippen LogP contribution in [0.15, 0.2) is 35.3 Å². The largest absolute Gasteiger partial charge is 0.372 e. The summed E-state index contributed by atoms with van der Waals surface area (Å²) < 4.78 is 0. The Labute approximate surface area is 213 Å². The molecule has 5 heterocycles. The Morgan fingerprint density at radius 3 is 2.46 bits per heavy atom. The number of tetrazole rings is 1. The number of benzene rings is 1. The number of anilines is 4. The Kier molecular flexibility index (Phi) is 6.61. The van der Waals surface area contributed by atoms with Gasteiger partial charge in [0, 0.05) is 44.0 Å². The number of hydrogen-bond acceptors (Lipinski definition) is 10. The molecule has 0 amide bonds. The van der Waals surface area contributed by atoms with Crippen molar-refractivity contribution in [2.24, 2.45) is 5.92 Å². The van der Waals surface area contributed by atoms with Crippen molar-refractivity contribution in [1.82, 2.24) is 40.8 Å². The number of nitrogens with zero attached hydrogens (tertiary/aromatic N) is 8. The van der Waals surface area contributed by atoms with E-state index in [9.17, 15) is 4.79 Å². The number of rotatable bonds is 6. The zero-order valence-corrected chi connectivity index (χ0v) is 20.7. The zero-order chi connectivity index (χ0) is 25.0. The Morgan fingerprint density at radius 1 is 0.946 bits per heavy atom. The van der Waals surface area contributed by atoms with Gasteiger partial charge in [0.2, 0.25) is 5.95 Å². The van der Waals surface area contributed by atoms with Crippen molar-refractivity contribution in [2.75, 3.05) is 41.3 Å². The predicted octanol–water partition coefficient (Wildman–Crippen LogP) is 2.81. The first-order valence-electron chi connectivity index (χ1n) is 13.1. The van der Waals surface area contributed by atoms with Gasteiger partial charge in [-0.2, -0.15) is 15.3 Å². The SMILES string of the molecule is O=c1[nH]ncc2nc(N3CCCCCC3)nc(Nc3ccc(N4CCC(Cc5nn[nH]n5)CC4)cc3)c12. The molecular weight excluding hydrogens is 470 g/mol. The molecule has 0 radical (unpaired) electrons. The van der Waals surface area contributed by atoms with Crippen LogP contribution in [0.3, 0.4) is 0 Å². The van der Waals surface area contributed by atoms with Crippen molar-refractivity contribution in [1.29, 1.82) is 0 Å². The Bertz CT molecular complexity index is 1370. The molecule has 6 rings (SSSR count). The minimum Gasteiger partial charge on any atom is -0.372 e. The third-order valence-corrected chi connectivity index (χ3v) is 7.36. The number of aromatic amines is 2. The normalized spacial score (nSPS) is 17.2. The quantitative estimate of drug-likeness (QED) is 0.361. The van der Waals surface area contributed by atoms with Crippen LogP contribution in [0.5, 0.6) is 0 Å². The van der Waals surface area contributed by atoms with Crippen LogP contribution in [0, 0.1) is 5.92 Å². The van der Waals surface area contributed by atoms with Crippen molar-refractivity contribution in [3.8, 4) is 0 Å². The van der Waals surface area contributed by atoms with Crippen LogP contribution in [0.1, 0.15) is 44.3 Å². The lowest BCUT2D eigenvalue weighted by molar-refractivity contribution is 0.397. The van der Waals surface area contributed by atoms with E-state index >= 15 is 0 Å². The fraction of sp³-hybridized carbons (Fsp3) is 0.480. The molecular formula is C25H31N11O. The molecule has 2 saturated heterocycles. The van der Waals surface area contributed by atoms with Gasteiger partial charge in [-0.15, -0.1) is 10.2 Å². The third-order valence-electron chi connectivity index (χ3n) is 7.36. The van der Waals surface area contributed by atoms with Gasteiger partial charge in [-0.05, 0) is 55.9 Å². The molecule has 12 nitrogen and oxygen atoms in total. The van der Waals surface area contributed by atoms with Crippen LogP contribution in [-0.2, 0) is 6.42 Å². The van der Waals surface area contributed by atoms with E-state index in [1.54, 1.807) is 6.20 Å². The number of piperidine rings is 1. The smallest absolute Gasteiger partial charge is 0.277 e. The van der Waals surface area contributed by atoms with E-state index in [0.29, 0.717) is 28.6 Å². The van der Waals surface area contributed by atoms with Gasteiger partial charge in [0.25, 0.3) is 5.56 Å². The molecule has 0 atom stereocenters. The highest BCUT2D eigenvalue weighted by Crippen LogP contribution is 2.28. The van der Waals surface area contributed by atoms with E-state index in [4.69, 9.17) is 4.98 Å². The molecule has 12 heteroatoms. The number of hydrogen-bond donors (Lipinski definition) is 3. The molecule has 1 aromatic carbocycles. The number of nitrogens with one attached hydrogen (secondary N) is 3. The van der Waals surface area contributed by atoms with Crippen LogP contribution in [-0.4, -0.2) is 67.0 Å². The van der Waals surface area contributed by atoms with E-state index < -0.39 is 0 Å². The van der Waals surface area contributed by atoms with Gasteiger partial charge in [-0.25, -0.2) is 10.1 Å². The van der Waals surface area contributed by atoms with Crippen molar-refractivity contribution >= 4 is 34.0 Å². The molecule has 0 unspecified atom stereocenters.